The molecular formula is C13H12N2O2. The minimum absolute atomic E-state index is 0.321. The van der Waals surface area contributed by atoms with Gasteiger partial charge in [-0.3, -0.25) is 4.79 Å². The molecule has 86 valence electrons. The maximum atomic E-state index is 10.5. The van der Waals surface area contributed by atoms with Crippen molar-refractivity contribution in [2.75, 3.05) is 0 Å². The number of hydrogen-bond donors (Lipinski definition) is 0. The molecule has 0 amide bonds. The van der Waals surface area contributed by atoms with Gasteiger partial charge in [0.05, 0.1) is 0 Å². The molecule has 4 nitrogen and oxygen atoms in total. The predicted octanol–water partition coefficient (Wildman–Crippen LogP) is 2.70. The Labute approximate surface area is 99.3 Å². The van der Waals surface area contributed by atoms with Crippen LogP contribution in [0.15, 0.2) is 30.3 Å². The first-order valence-electron chi connectivity index (χ1n) is 5.23. The van der Waals surface area contributed by atoms with Crippen molar-refractivity contribution in [1.29, 1.82) is 0 Å². The Morgan fingerprint density at radius 2 is 1.65 bits per heavy atom. The van der Waals surface area contributed by atoms with E-state index in [1.165, 1.54) is 0 Å². The van der Waals surface area contributed by atoms with E-state index in [2.05, 4.69) is 9.97 Å². The lowest BCUT2D eigenvalue weighted by Crippen LogP contribution is -1.95. The van der Waals surface area contributed by atoms with Crippen LogP contribution in [0.1, 0.15) is 21.7 Å². The third kappa shape index (κ3) is 2.87. The van der Waals surface area contributed by atoms with Gasteiger partial charge in [0.15, 0.2) is 0 Å². The summed E-state index contributed by atoms with van der Waals surface area (Å²) < 4.78 is 5.50. The van der Waals surface area contributed by atoms with Crippen molar-refractivity contribution < 1.29 is 9.53 Å². The minimum atomic E-state index is 0.321. The van der Waals surface area contributed by atoms with Crippen LogP contribution in [-0.4, -0.2) is 16.3 Å². The van der Waals surface area contributed by atoms with Gasteiger partial charge >= 0.3 is 6.01 Å². The van der Waals surface area contributed by atoms with Gasteiger partial charge in [-0.2, -0.15) is 0 Å². The summed E-state index contributed by atoms with van der Waals surface area (Å²) in [5, 5.41) is 0. The van der Waals surface area contributed by atoms with E-state index in [4.69, 9.17) is 4.74 Å². The molecule has 0 unspecified atom stereocenters. The van der Waals surface area contributed by atoms with E-state index < -0.39 is 0 Å². The quantitative estimate of drug-likeness (QED) is 0.758. The first-order chi connectivity index (χ1) is 8.17. The zero-order valence-electron chi connectivity index (χ0n) is 9.68. The van der Waals surface area contributed by atoms with Gasteiger partial charge in [-0.25, -0.2) is 9.97 Å². The van der Waals surface area contributed by atoms with Crippen molar-refractivity contribution in [3.05, 3.63) is 47.3 Å². The second-order valence-electron chi connectivity index (χ2n) is 3.72. The van der Waals surface area contributed by atoms with Crippen molar-refractivity contribution in [2.24, 2.45) is 0 Å². The third-order valence-corrected chi connectivity index (χ3v) is 2.19. The Bertz CT molecular complexity index is 515. The zero-order valence-corrected chi connectivity index (χ0v) is 9.68. The van der Waals surface area contributed by atoms with E-state index in [1.807, 2.05) is 19.9 Å². The smallest absolute Gasteiger partial charge is 0.322 e. The fourth-order valence-electron chi connectivity index (χ4n) is 1.46. The van der Waals surface area contributed by atoms with Crippen LogP contribution in [-0.2, 0) is 0 Å². The van der Waals surface area contributed by atoms with Crippen LogP contribution >= 0.6 is 0 Å². The van der Waals surface area contributed by atoms with Crippen LogP contribution in [0.3, 0.4) is 0 Å². The number of carbonyl (C=O) groups excluding carboxylic acids is 1. The van der Waals surface area contributed by atoms with Crippen LogP contribution in [0.5, 0.6) is 11.8 Å². The molecule has 1 aromatic heterocycles. The molecule has 0 fully saturated rings. The molecule has 0 radical (unpaired) electrons. The van der Waals surface area contributed by atoms with Gasteiger partial charge in [0.25, 0.3) is 0 Å². The molecular weight excluding hydrogens is 216 g/mol. The predicted molar refractivity (Wildman–Crippen MR) is 63.4 cm³/mol. The van der Waals surface area contributed by atoms with E-state index in [9.17, 15) is 4.79 Å². The van der Waals surface area contributed by atoms with Crippen LogP contribution in [0.25, 0.3) is 0 Å². The lowest BCUT2D eigenvalue weighted by atomic mass is 10.2. The van der Waals surface area contributed by atoms with Gasteiger partial charge in [0.2, 0.25) is 0 Å². The van der Waals surface area contributed by atoms with Crippen LogP contribution in [0.2, 0.25) is 0 Å². The van der Waals surface area contributed by atoms with Crippen molar-refractivity contribution in [1.82, 2.24) is 9.97 Å². The molecule has 1 aromatic carbocycles. The summed E-state index contributed by atoms with van der Waals surface area (Å²) in [6, 6.07) is 9.00. The van der Waals surface area contributed by atoms with Gasteiger partial charge in [-0.1, -0.05) is 0 Å². The van der Waals surface area contributed by atoms with Gasteiger partial charge < -0.3 is 4.74 Å². The number of aldehydes is 1. The van der Waals surface area contributed by atoms with Crippen LogP contribution in [0.4, 0.5) is 0 Å². The van der Waals surface area contributed by atoms with Crippen molar-refractivity contribution >= 4 is 6.29 Å². The van der Waals surface area contributed by atoms with Gasteiger partial charge in [0.1, 0.15) is 12.0 Å². The maximum absolute atomic E-state index is 10.5. The number of aryl methyl sites for hydroxylation is 2. The Morgan fingerprint density at radius 3 is 2.18 bits per heavy atom. The number of rotatable bonds is 3. The monoisotopic (exact) mass is 228 g/mol. The molecule has 1 heterocycles. The number of ether oxygens (including phenoxy) is 1. The summed E-state index contributed by atoms with van der Waals surface area (Å²) in [6.45, 7) is 3.77. The average Bonchev–Trinajstić information content (AvgIpc) is 2.28. The Kier molecular flexibility index (Phi) is 3.14. The Balaban J connectivity index is 2.21. The molecule has 0 atom stereocenters. The van der Waals surface area contributed by atoms with E-state index in [-0.39, 0.29) is 0 Å². The topological polar surface area (TPSA) is 52.1 Å². The molecule has 4 heteroatoms. The molecule has 0 spiro atoms. The lowest BCUT2D eigenvalue weighted by molar-refractivity contribution is 0.112. The highest BCUT2D eigenvalue weighted by Gasteiger charge is 2.02. The molecule has 0 saturated heterocycles. The molecule has 0 aliphatic heterocycles. The maximum Gasteiger partial charge on any atom is 0.322 e. The standard InChI is InChI=1S/C13H12N2O2/c1-9-7-10(2)15-13(14-9)17-12-5-3-11(8-16)4-6-12/h3-8H,1-2H3. The minimum Gasteiger partial charge on any atom is -0.424 e. The van der Waals surface area contributed by atoms with E-state index in [1.54, 1.807) is 24.3 Å². The molecule has 2 aromatic rings. The lowest BCUT2D eigenvalue weighted by Gasteiger charge is -2.05. The highest BCUT2D eigenvalue weighted by atomic mass is 16.5. The van der Waals surface area contributed by atoms with Crippen molar-refractivity contribution in [2.45, 2.75) is 13.8 Å². The second-order valence-corrected chi connectivity index (χ2v) is 3.72. The molecule has 17 heavy (non-hydrogen) atoms. The Hall–Kier alpha value is -2.23. The number of nitrogens with zero attached hydrogens (tertiary/aromatic N) is 2. The van der Waals surface area contributed by atoms with E-state index in [0.717, 1.165) is 17.7 Å². The summed E-state index contributed by atoms with van der Waals surface area (Å²) in [4.78, 5) is 18.8. The zero-order chi connectivity index (χ0) is 12.3. The van der Waals surface area contributed by atoms with Crippen LogP contribution < -0.4 is 4.74 Å². The van der Waals surface area contributed by atoms with Crippen molar-refractivity contribution in [3.8, 4) is 11.8 Å². The molecule has 0 N–H and O–H groups in total. The normalized spacial score (nSPS) is 10.0. The van der Waals surface area contributed by atoms with Gasteiger partial charge in [0, 0.05) is 17.0 Å². The number of carbonyl (C=O) groups is 1. The highest BCUT2D eigenvalue weighted by Crippen LogP contribution is 2.18. The number of hydrogen-bond acceptors (Lipinski definition) is 4. The number of benzene rings is 1. The van der Waals surface area contributed by atoms with Crippen LogP contribution in [0, 0.1) is 13.8 Å². The molecule has 2 rings (SSSR count). The molecule has 0 bridgehead atoms. The van der Waals surface area contributed by atoms with Gasteiger partial charge in [-0.15, -0.1) is 0 Å². The summed E-state index contributed by atoms with van der Waals surface area (Å²) >= 11 is 0. The second kappa shape index (κ2) is 4.74. The fourth-order valence-corrected chi connectivity index (χ4v) is 1.46. The fraction of sp³-hybridized carbons (Fsp3) is 0.154. The number of aromatic nitrogens is 2. The highest BCUT2D eigenvalue weighted by molar-refractivity contribution is 5.74. The SMILES string of the molecule is Cc1cc(C)nc(Oc2ccc(C=O)cc2)n1. The molecule has 0 aliphatic carbocycles. The first kappa shape index (κ1) is 11.3. The Morgan fingerprint density at radius 1 is 1.06 bits per heavy atom. The van der Waals surface area contributed by atoms with E-state index in [0.29, 0.717) is 17.3 Å². The third-order valence-electron chi connectivity index (χ3n) is 2.19. The van der Waals surface area contributed by atoms with Crippen molar-refractivity contribution in [3.63, 3.8) is 0 Å². The largest absolute Gasteiger partial charge is 0.424 e. The summed E-state index contributed by atoms with van der Waals surface area (Å²) in [7, 11) is 0. The van der Waals surface area contributed by atoms with E-state index >= 15 is 0 Å². The summed E-state index contributed by atoms with van der Waals surface area (Å²) in [6.07, 6.45) is 0.789. The summed E-state index contributed by atoms with van der Waals surface area (Å²) in [5.41, 5.74) is 2.33. The average molecular weight is 228 g/mol. The van der Waals surface area contributed by atoms with Gasteiger partial charge in [-0.05, 0) is 44.2 Å². The molecule has 0 aliphatic rings. The first-order valence-corrected chi connectivity index (χ1v) is 5.23. The summed E-state index contributed by atoms with van der Waals surface area (Å²) in [5.74, 6) is 0.612. The molecule has 0 saturated carbocycles.